The van der Waals surface area contributed by atoms with Gasteiger partial charge in [0.15, 0.2) is 5.76 Å². The largest absolute Gasteiger partial charge is 0.451 e. The summed E-state index contributed by atoms with van der Waals surface area (Å²) in [6.07, 6.45) is 0. The van der Waals surface area contributed by atoms with E-state index in [2.05, 4.69) is 5.32 Å². The second kappa shape index (κ2) is 7.82. The van der Waals surface area contributed by atoms with E-state index in [1.807, 2.05) is 0 Å². The second-order valence-electron chi connectivity index (χ2n) is 5.89. The number of carbonyl (C=O) groups is 2. The van der Waals surface area contributed by atoms with E-state index in [-0.39, 0.29) is 18.1 Å². The lowest BCUT2D eigenvalue weighted by molar-refractivity contribution is -0.116. The van der Waals surface area contributed by atoms with E-state index in [4.69, 9.17) is 4.42 Å². The lowest BCUT2D eigenvalue weighted by Crippen LogP contribution is -2.34. The molecule has 0 fully saturated rings. The molecule has 2 aromatic carbocycles. The maximum absolute atomic E-state index is 13.0. The fourth-order valence-electron chi connectivity index (χ4n) is 2.43. The first-order chi connectivity index (χ1) is 12.9. The van der Waals surface area contributed by atoms with Crippen LogP contribution in [0.4, 0.5) is 14.5 Å². The molecule has 5 nitrogen and oxygen atoms in total. The molecule has 1 aromatic heterocycles. The number of nitrogens with one attached hydrogen (secondary N) is 1. The minimum absolute atomic E-state index is 0.0615. The number of carbonyl (C=O) groups excluding carboxylic acids is 2. The topological polar surface area (TPSA) is 62.6 Å². The van der Waals surface area contributed by atoms with Crippen molar-refractivity contribution in [3.05, 3.63) is 78.1 Å². The molecule has 3 rings (SSSR count). The van der Waals surface area contributed by atoms with Crippen LogP contribution in [0.3, 0.4) is 0 Å². The van der Waals surface area contributed by atoms with E-state index in [0.717, 1.165) is 0 Å². The van der Waals surface area contributed by atoms with Crippen molar-refractivity contribution >= 4 is 17.5 Å². The van der Waals surface area contributed by atoms with Gasteiger partial charge < -0.3 is 14.6 Å². The van der Waals surface area contributed by atoms with Crippen LogP contribution in [0.5, 0.6) is 0 Å². The van der Waals surface area contributed by atoms with Crippen LogP contribution < -0.4 is 5.32 Å². The van der Waals surface area contributed by atoms with Crippen molar-refractivity contribution in [2.45, 2.75) is 0 Å². The van der Waals surface area contributed by atoms with Crippen molar-refractivity contribution in [2.24, 2.45) is 0 Å². The van der Waals surface area contributed by atoms with Crippen LogP contribution in [0.15, 0.2) is 65.1 Å². The number of nitrogens with zero attached hydrogens (tertiary/aromatic N) is 1. The Morgan fingerprint density at radius 2 is 1.52 bits per heavy atom. The highest BCUT2D eigenvalue weighted by atomic mass is 19.1. The molecule has 138 valence electrons. The van der Waals surface area contributed by atoms with E-state index >= 15 is 0 Å². The fraction of sp³-hybridized carbons (Fsp3) is 0.100. The Balaban J connectivity index is 1.62. The average Bonchev–Trinajstić information content (AvgIpc) is 3.13. The number of amides is 2. The average molecular weight is 370 g/mol. The Hall–Kier alpha value is -3.48. The van der Waals surface area contributed by atoms with Crippen molar-refractivity contribution in [1.29, 1.82) is 0 Å². The van der Waals surface area contributed by atoms with E-state index in [1.165, 1.54) is 54.4 Å². The van der Waals surface area contributed by atoms with E-state index in [1.54, 1.807) is 18.2 Å². The third kappa shape index (κ3) is 4.58. The monoisotopic (exact) mass is 370 g/mol. The first-order valence-electron chi connectivity index (χ1n) is 8.09. The number of hydrogen-bond donors (Lipinski definition) is 1. The Labute approximate surface area is 154 Å². The Morgan fingerprint density at radius 3 is 2.15 bits per heavy atom. The molecule has 0 aliphatic rings. The molecule has 0 saturated heterocycles. The molecule has 7 heteroatoms. The van der Waals surface area contributed by atoms with Gasteiger partial charge in [0.1, 0.15) is 17.4 Å². The summed E-state index contributed by atoms with van der Waals surface area (Å²) in [5.74, 6) is -1.20. The van der Waals surface area contributed by atoms with Gasteiger partial charge in [-0.2, -0.15) is 0 Å². The highest BCUT2D eigenvalue weighted by Gasteiger charge is 2.19. The van der Waals surface area contributed by atoms with Gasteiger partial charge in [0.25, 0.3) is 5.91 Å². The van der Waals surface area contributed by atoms with Gasteiger partial charge in [0.2, 0.25) is 5.91 Å². The predicted molar refractivity (Wildman–Crippen MR) is 96.1 cm³/mol. The van der Waals surface area contributed by atoms with E-state index in [9.17, 15) is 18.4 Å². The van der Waals surface area contributed by atoms with Gasteiger partial charge in [-0.1, -0.05) is 0 Å². The maximum atomic E-state index is 13.0. The second-order valence-corrected chi connectivity index (χ2v) is 5.89. The highest BCUT2D eigenvalue weighted by molar-refractivity contribution is 5.98. The molecule has 0 saturated carbocycles. The SMILES string of the molecule is CN(CC(=O)Nc1ccc(F)cc1)C(=O)c1ccc(-c2ccc(F)cc2)o1. The van der Waals surface area contributed by atoms with Crippen molar-refractivity contribution < 1.29 is 22.8 Å². The summed E-state index contributed by atoms with van der Waals surface area (Å²) in [6, 6.07) is 14.1. The van der Waals surface area contributed by atoms with Crippen molar-refractivity contribution in [3.8, 4) is 11.3 Å². The van der Waals surface area contributed by atoms with Crippen molar-refractivity contribution in [2.75, 3.05) is 18.9 Å². The molecular formula is C20H16F2N2O3. The first kappa shape index (κ1) is 18.3. The van der Waals surface area contributed by atoms with Gasteiger partial charge >= 0.3 is 0 Å². The van der Waals surface area contributed by atoms with Gasteiger partial charge in [-0.05, 0) is 60.7 Å². The standard InChI is InChI=1S/C20H16F2N2O3/c1-24(12-19(25)23-16-8-6-15(22)7-9-16)20(26)18-11-10-17(27-18)13-2-4-14(21)5-3-13/h2-11H,12H2,1H3,(H,23,25). The smallest absolute Gasteiger partial charge is 0.289 e. The molecule has 1 N–H and O–H groups in total. The Kier molecular flexibility index (Phi) is 5.30. The molecule has 0 bridgehead atoms. The number of anilines is 1. The summed E-state index contributed by atoms with van der Waals surface area (Å²) >= 11 is 0. The summed E-state index contributed by atoms with van der Waals surface area (Å²) in [7, 11) is 1.46. The summed E-state index contributed by atoms with van der Waals surface area (Å²) < 4.78 is 31.4. The number of benzene rings is 2. The van der Waals surface area contributed by atoms with Crippen LogP contribution in [0.25, 0.3) is 11.3 Å². The van der Waals surface area contributed by atoms with Crippen molar-refractivity contribution in [1.82, 2.24) is 4.90 Å². The molecule has 3 aromatic rings. The number of likely N-dealkylation sites (N-methyl/N-ethyl adjacent to an activating group) is 1. The van der Waals surface area contributed by atoms with Crippen LogP contribution in [0, 0.1) is 11.6 Å². The first-order valence-corrected chi connectivity index (χ1v) is 8.09. The normalized spacial score (nSPS) is 10.5. The van der Waals surface area contributed by atoms with Gasteiger partial charge in [-0.15, -0.1) is 0 Å². The Bertz CT molecular complexity index is 950. The number of halogens is 2. The van der Waals surface area contributed by atoms with Crippen LogP contribution in [0.1, 0.15) is 10.6 Å². The Morgan fingerprint density at radius 1 is 0.926 bits per heavy atom. The zero-order valence-electron chi connectivity index (χ0n) is 14.4. The predicted octanol–water partition coefficient (Wildman–Crippen LogP) is 3.94. The maximum Gasteiger partial charge on any atom is 0.289 e. The zero-order valence-corrected chi connectivity index (χ0v) is 14.4. The summed E-state index contributed by atoms with van der Waals surface area (Å²) in [5.41, 5.74) is 1.06. The molecule has 0 aliphatic carbocycles. The summed E-state index contributed by atoms with van der Waals surface area (Å²) in [4.78, 5) is 25.7. The van der Waals surface area contributed by atoms with Gasteiger partial charge in [0.05, 0.1) is 6.54 Å². The number of rotatable bonds is 5. The molecule has 0 radical (unpaired) electrons. The molecular weight excluding hydrogens is 354 g/mol. The molecule has 27 heavy (non-hydrogen) atoms. The summed E-state index contributed by atoms with van der Waals surface area (Å²) in [6.45, 7) is -0.206. The minimum atomic E-state index is -0.474. The molecule has 0 spiro atoms. The fourth-order valence-corrected chi connectivity index (χ4v) is 2.43. The molecule has 2 amide bonds. The molecule has 0 aliphatic heterocycles. The van der Waals surface area contributed by atoms with Crippen LogP contribution in [-0.4, -0.2) is 30.3 Å². The van der Waals surface area contributed by atoms with Crippen LogP contribution >= 0.6 is 0 Å². The lowest BCUT2D eigenvalue weighted by atomic mass is 10.2. The van der Waals surface area contributed by atoms with Crippen LogP contribution in [-0.2, 0) is 4.79 Å². The van der Waals surface area contributed by atoms with Gasteiger partial charge in [0, 0.05) is 18.3 Å². The third-order valence-electron chi connectivity index (χ3n) is 3.80. The highest BCUT2D eigenvalue weighted by Crippen LogP contribution is 2.23. The lowest BCUT2D eigenvalue weighted by Gasteiger charge is -2.15. The summed E-state index contributed by atoms with van der Waals surface area (Å²) in [5, 5.41) is 2.58. The van der Waals surface area contributed by atoms with Crippen molar-refractivity contribution in [3.63, 3.8) is 0 Å². The van der Waals surface area contributed by atoms with E-state index < -0.39 is 17.6 Å². The third-order valence-corrected chi connectivity index (χ3v) is 3.80. The number of hydrogen-bond acceptors (Lipinski definition) is 3. The molecule has 0 unspecified atom stereocenters. The number of furan rings is 1. The van der Waals surface area contributed by atoms with E-state index in [0.29, 0.717) is 17.0 Å². The minimum Gasteiger partial charge on any atom is -0.451 e. The van der Waals surface area contributed by atoms with Crippen LogP contribution in [0.2, 0.25) is 0 Å². The molecule has 1 heterocycles. The van der Waals surface area contributed by atoms with Gasteiger partial charge in [-0.25, -0.2) is 8.78 Å². The zero-order chi connectivity index (χ0) is 19.4. The molecule has 0 atom stereocenters. The van der Waals surface area contributed by atoms with Gasteiger partial charge in [-0.3, -0.25) is 9.59 Å². The quantitative estimate of drug-likeness (QED) is 0.740.